The van der Waals surface area contributed by atoms with Crippen molar-refractivity contribution < 1.29 is 14.4 Å². The molecule has 0 aromatic heterocycles. The summed E-state index contributed by atoms with van der Waals surface area (Å²) < 4.78 is 0. The Labute approximate surface area is 151 Å². The highest BCUT2D eigenvalue weighted by Crippen LogP contribution is 2.20. The van der Waals surface area contributed by atoms with Gasteiger partial charge >= 0.3 is 0 Å². The summed E-state index contributed by atoms with van der Waals surface area (Å²) in [7, 11) is 0. The summed E-state index contributed by atoms with van der Waals surface area (Å²) in [6, 6.07) is 4.89. The van der Waals surface area contributed by atoms with Gasteiger partial charge in [-0.3, -0.25) is 19.3 Å². The lowest BCUT2D eigenvalue weighted by molar-refractivity contribution is -0.141. The molecule has 0 saturated carbocycles. The highest BCUT2D eigenvalue weighted by molar-refractivity contribution is 6.31. The maximum absolute atomic E-state index is 12.4. The summed E-state index contributed by atoms with van der Waals surface area (Å²) >= 11 is 6.03. The summed E-state index contributed by atoms with van der Waals surface area (Å²) in [5, 5.41) is 6.06. The molecule has 0 aliphatic carbocycles. The third-order valence-electron chi connectivity index (χ3n) is 4.61. The minimum absolute atomic E-state index is 0.0532. The first-order valence-electron chi connectivity index (χ1n) is 8.29. The molecular formula is C17H21ClN4O3. The van der Waals surface area contributed by atoms with E-state index >= 15 is 0 Å². The summed E-state index contributed by atoms with van der Waals surface area (Å²) in [6.07, 6.45) is -0.250. The summed E-state index contributed by atoms with van der Waals surface area (Å²) in [4.78, 5) is 40.1. The molecule has 2 aliphatic heterocycles. The highest BCUT2D eigenvalue weighted by Gasteiger charge is 2.36. The predicted molar refractivity (Wildman–Crippen MR) is 94.4 cm³/mol. The molecule has 2 aliphatic rings. The molecule has 1 aromatic rings. The molecule has 3 rings (SSSR count). The molecular weight excluding hydrogens is 344 g/mol. The number of carbonyl (C=O) groups is 3. The van der Waals surface area contributed by atoms with Crippen LogP contribution in [-0.4, -0.2) is 66.3 Å². The summed E-state index contributed by atoms with van der Waals surface area (Å²) in [6.45, 7) is 4.83. The van der Waals surface area contributed by atoms with Crippen LogP contribution in [0.2, 0.25) is 5.02 Å². The molecule has 1 aromatic carbocycles. The van der Waals surface area contributed by atoms with Crippen molar-refractivity contribution in [1.82, 2.24) is 15.1 Å². The number of nitrogens with one attached hydrogen (secondary N) is 2. The molecule has 0 bridgehead atoms. The van der Waals surface area contributed by atoms with E-state index in [1.165, 1.54) is 0 Å². The van der Waals surface area contributed by atoms with Crippen LogP contribution in [-0.2, 0) is 14.4 Å². The Morgan fingerprint density at radius 1 is 1.32 bits per heavy atom. The molecule has 25 heavy (non-hydrogen) atoms. The Balaban J connectivity index is 1.55. The normalized spacial score (nSPS) is 20.6. The minimum Gasteiger partial charge on any atom is -0.353 e. The SMILES string of the molecule is Cc1ccc(NC(=O)CC(=O)N2CCN3CCNC(=O)[C@H]3C2)cc1Cl. The number of amides is 3. The smallest absolute Gasteiger partial charge is 0.239 e. The monoisotopic (exact) mass is 364 g/mol. The zero-order valence-electron chi connectivity index (χ0n) is 14.0. The maximum atomic E-state index is 12.4. The van der Waals surface area contributed by atoms with Gasteiger partial charge in [0.1, 0.15) is 12.5 Å². The van der Waals surface area contributed by atoms with Crippen LogP contribution in [0.4, 0.5) is 5.69 Å². The second kappa shape index (κ2) is 7.41. The van der Waals surface area contributed by atoms with Crippen LogP contribution in [0.1, 0.15) is 12.0 Å². The maximum Gasteiger partial charge on any atom is 0.239 e. The fourth-order valence-electron chi connectivity index (χ4n) is 3.13. The van der Waals surface area contributed by atoms with E-state index in [2.05, 4.69) is 15.5 Å². The average molecular weight is 365 g/mol. The van der Waals surface area contributed by atoms with Gasteiger partial charge in [0.2, 0.25) is 17.7 Å². The van der Waals surface area contributed by atoms with Gasteiger partial charge in [0.15, 0.2) is 0 Å². The molecule has 0 unspecified atom stereocenters. The van der Waals surface area contributed by atoms with Gasteiger partial charge in [0, 0.05) is 43.4 Å². The largest absolute Gasteiger partial charge is 0.353 e. The van der Waals surface area contributed by atoms with Crippen LogP contribution >= 0.6 is 11.6 Å². The van der Waals surface area contributed by atoms with Gasteiger partial charge in [-0.2, -0.15) is 0 Å². The lowest BCUT2D eigenvalue weighted by atomic mass is 10.1. The van der Waals surface area contributed by atoms with E-state index in [1.54, 1.807) is 23.1 Å². The number of anilines is 1. The molecule has 0 spiro atoms. The number of aryl methyl sites for hydroxylation is 1. The molecule has 7 nitrogen and oxygen atoms in total. The Bertz CT molecular complexity index is 709. The Kier molecular flexibility index (Phi) is 5.24. The highest BCUT2D eigenvalue weighted by atomic mass is 35.5. The van der Waals surface area contributed by atoms with E-state index < -0.39 is 0 Å². The molecule has 134 valence electrons. The molecule has 2 fully saturated rings. The molecule has 1 atom stereocenters. The lowest BCUT2D eigenvalue weighted by Crippen LogP contribution is -2.64. The standard InChI is InChI=1S/C17H21ClN4O3/c1-11-2-3-12(8-13(11)18)20-15(23)9-16(24)22-7-6-21-5-4-19-17(25)14(21)10-22/h2-3,8,14H,4-7,9-10H2,1H3,(H,19,25)(H,20,23)/t14-/m1/s1. The zero-order chi connectivity index (χ0) is 18.0. The number of benzene rings is 1. The first-order valence-corrected chi connectivity index (χ1v) is 8.67. The number of piperazine rings is 2. The Morgan fingerprint density at radius 2 is 2.12 bits per heavy atom. The predicted octanol–water partition coefficient (Wildman–Crippen LogP) is 0.620. The van der Waals surface area contributed by atoms with Gasteiger partial charge < -0.3 is 15.5 Å². The van der Waals surface area contributed by atoms with E-state index in [0.29, 0.717) is 36.9 Å². The fourth-order valence-corrected chi connectivity index (χ4v) is 3.31. The quantitative estimate of drug-likeness (QED) is 0.770. The third kappa shape index (κ3) is 4.11. The zero-order valence-corrected chi connectivity index (χ0v) is 14.8. The van der Waals surface area contributed by atoms with Gasteiger partial charge in [-0.05, 0) is 24.6 Å². The number of hydrogen-bond donors (Lipinski definition) is 2. The number of nitrogens with zero attached hydrogens (tertiary/aromatic N) is 2. The van der Waals surface area contributed by atoms with Gasteiger partial charge in [-0.25, -0.2) is 0 Å². The van der Waals surface area contributed by atoms with E-state index in [4.69, 9.17) is 11.6 Å². The molecule has 2 heterocycles. The van der Waals surface area contributed by atoms with Gasteiger partial charge in [-0.15, -0.1) is 0 Å². The van der Waals surface area contributed by atoms with Crippen molar-refractivity contribution >= 4 is 35.0 Å². The van der Waals surface area contributed by atoms with Crippen molar-refractivity contribution in [3.63, 3.8) is 0 Å². The fraction of sp³-hybridized carbons (Fsp3) is 0.471. The molecule has 3 amide bonds. The van der Waals surface area contributed by atoms with Crippen LogP contribution in [0.25, 0.3) is 0 Å². The van der Waals surface area contributed by atoms with Gasteiger partial charge in [-0.1, -0.05) is 17.7 Å². The number of rotatable bonds is 3. The van der Waals surface area contributed by atoms with Gasteiger partial charge in [0.25, 0.3) is 0 Å². The van der Waals surface area contributed by atoms with E-state index in [-0.39, 0.29) is 30.2 Å². The molecule has 0 radical (unpaired) electrons. The van der Waals surface area contributed by atoms with E-state index in [1.807, 2.05) is 6.92 Å². The summed E-state index contributed by atoms with van der Waals surface area (Å²) in [5.41, 5.74) is 1.48. The summed E-state index contributed by atoms with van der Waals surface area (Å²) in [5.74, 6) is -0.711. The van der Waals surface area contributed by atoms with Crippen LogP contribution in [0.5, 0.6) is 0 Å². The van der Waals surface area contributed by atoms with Crippen LogP contribution in [0, 0.1) is 6.92 Å². The number of fused-ring (bicyclic) bond motifs is 1. The molecule has 8 heteroatoms. The Hall–Kier alpha value is -2.12. The minimum atomic E-state index is -0.388. The average Bonchev–Trinajstić information content (AvgIpc) is 2.58. The number of hydrogen-bond acceptors (Lipinski definition) is 4. The Morgan fingerprint density at radius 3 is 2.88 bits per heavy atom. The number of halogens is 1. The molecule has 2 N–H and O–H groups in total. The van der Waals surface area contributed by atoms with Crippen molar-refractivity contribution in [2.24, 2.45) is 0 Å². The van der Waals surface area contributed by atoms with Crippen molar-refractivity contribution in [3.8, 4) is 0 Å². The number of carbonyl (C=O) groups excluding carboxylic acids is 3. The van der Waals surface area contributed by atoms with Crippen molar-refractivity contribution in [2.75, 3.05) is 38.0 Å². The first-order chi connectivity index (χ1) is 11.9. The van der Waals surface area contributed by atoms with Crippen molar-refractivity contribution in [3.05, 3.63) is 28.8 Å². The second-order valence-electron chi connectivity index (χ2n) is 6.37. The second-order valence-corrected chi connectivity index (χ2v) is 6.78. The molecule has 2 saturated heterocycles. The third-order valence-corrected chi connectivity index (χ3v) is 5.02. The van der Waals surface area contributed by atoms with Gasteiger partial charge in [0.05, 0.1) is 0 Å². The topological polar surface area (TPSA) is 81.8 Å². The van der Waals surface area contributed by atoms with Crippen molar-refractivity contribution in [1.29, 1.82) is 0 Å². The van der Waals surface area contributed by atoms with E-state index in [0.717, 1.165) is 12.1 Å². The first kappa shape index (κ1) is 17.7. The van der Waals surface area contributed by atoms with Crippen molar-refractivity contribution in [2.45, 2.75) is 19.4 Å². The van der Waals surface area contributed by atoms with Crippen LogP contribution in [0.3, 0.4) is 0 Å². The lowest BCUT2D eigenvalue weighted by Gasteiger charge is -2.42. The van der Waals surface area contributed by atoms with Crippen LogP contribution < -0.4 is 10.6 Å². The van der Waals surface area contributed by atoms with E-state index in [9.17, 15) is 14.4 Å². The van der Waals surface area contributed by atoms with Crippen LogP contribution in [0.15, 0.2) is 18.2 Å².